The zero-order valence-electron chi connectivity index (χ0n) is 14.7. The fourth-order valence-electron chi connectivity index (χ4n) is 2.24. The van der Waals surface area contributed by atoms with E-state index < -0.39 is 10.7 Å². The maximum Gasteiger partial charge on any atom is 0.269 e. The number of hydrogen-bond acceptors (Lipinski definition) is 5. The van der Waals surface area contributed by atoms with Gasteiger partial charge in [-0.05, 0) is 12.1 Å². The van der Waals surface area contributed by atoms with Crippen LogP contribution in [0.2, 0.25) is 0 Å². The number of ketones is 1. The molecule has 1 aromatic heterocycles. The van der Waals surface area contributed by atoms with Crippen LogP contribution in [0.1, 0.15) is 10.4 Å². The van der Waals surface area contributed by atoms with Crippen molar-refractivity contribution < 1.29 is 14.3 Å². The molecule has 27 heavy (non-hydrogen) atoms. The van der Waals surface area contributed by atoms with E-state index in [0.717, 1.165) is 5.69 Å². The summed E-state index contributed by atoms with van der Waals surface area (Å²) in [5.41, 5.74) is 0.808. The lowest BCUT2D eigenvalue weighted by Crippen LogP contribution is -2.36. The van der Waals surface area contributed by atoms with Crippen LogP contribution in [-0.4, -0.2) is 30.7 Å². The molecule has 0 aliphatic heterocycles. The van der Waals surface area contributed by atoms with E-state index in [1.807, 2.05) is 19.0 Å². The summed E-state index contributed by atoms with van der Waals surface area (Å²) in [6, 6.07) is 10.4. The SMILES string of the molecule is CN(C)c1cc[n+](/C(=C\C(=C=[N-])C#N)C(=O)c2ccc([N+](=O)[O-])cc2)cc1. The van der Waals surface area contributed by atoms with Crippen molar-refractivity contribution in [1.82, 2.24) is 0 Å². The second-order valence-electron chi connectivity index (χ2n) is 5.66. The van der Waals surface area contributed by atoms with E-state index in [4.69, 9.17) is 10.7 Å². The molecule has 2 rings (SSSR count). The van der Waals surface area contributed by atoms with Crippen molar-refractivity contribution in [3.63, 3.8) is 0 Å². The topological polar surface area (TPSA) is 113 Å². The van der Waals surface area contributed by atoms with Crippen molar-refractivity contribution in [2.45, 2.75) is 0 Å². The molecule has 0 unspecified atom stereocenters. The Morgan fingerprint density at radius 3 is 2.26 bits per heavy atom. The van der Waals surface area contributed by atoms with Crippen molar-refractivity contribution in [1.29, 1.82) is 5.26 Å². The highest BCUT2D eigenvalue weighted by molar-refractivity contribution is 6.22. The summed E-state index contributed by atoms with van der Waals surface area (Å²) in [6.45, 7) is 0. The third-order valence-corrected chi connectivity index (χ3v) is 3.70. The number of non-ortho nitro benzene ring substituents is 1. The molecule has 8 nitrogen and oxygen atoms in total. The Morgan fingerprint density at radius 1 is 1.22 bits per heavy atom. The lowest BCUT2D eigenvalue weighted by atomic mass is 10.1. The van der Waals surface area contributed by atoms with Crippen LogP contribution < -0.4 is 9.47 Å². The summed E-state index contributed by atoms with van der Waals surface area (Å²) < 4.78 is 1.49. The number of allylic oxidation sites excluding steroid dienone is 3. The fraction of sp³-hybridized carbons (Fsp3) is 0.105. The van der Waals surface area contributed by atoms with Crippen molar-refractivity contribution in [2.24, 2.45) is 0 Å². The van der Waals surface area contributed by atoms with Crippen molar-refractivity contribution in [3.05, 3.63) is 81.5 Å². The Hall–Kier alpha value is -4.08. The maximum absolute atomic E-state index is 12.9. The quantitative estimate of drug-likeness (QED) is 0.115. The molecule has 0 radical (unpaired) electrons. The van der Waals surface area contributed by atoms with Gasteiger partial charge in [-0.15, -0.1) is 0 Å². The standard InChI is InChI=1S/C19H15N5O3/c1-22(2)16-7-9-23(10-8-16)18(11-14(12-20)13-21)19(25)15-3-5-17(6-4-15)24(26)27/h3-11H,1-2H3/b18-11-. The van der Waals surface area contributed by atoms with Gasteiger partial charge in [-0.2, -0.15) is 9.83 Å². The van der Waals surface area contributed by atoms with Gasteiger partial charge >= 0.3 is 0 Å². The van der Waals surface area contributed by atoms with Crippen LogP contribution in [-0.2, 0) is 0 Å². The van der Waals surface area contributed by atoms with Crippen LogP contribution in [0.5, 0.6) is 0 Å². The van der Waals surface area contributed by atoms with Gasteiger partial charge < -0.3 is 10.3 Å². The number of carbonyl (C=O) groups is 1. The van der Waals surface area contributed by atoms with Gasteiger partial charge in [-0.1, -0.05) is 0 Å². The molecule has 2 aromatic rings. The summed E-state index contributed by atoms with van der Waals surface area (Å²) in [5, 5.41) is 28.8. The number of nitro groups is 1. The summed E-state index contributed by atoms with van der Waals surface area (Å²) in [5.74, 6) is 1.25. The largest absolute Gasteiger partial charge is 0.762 e. The number of hydrogen-bond donors (Lipinski definition) is 0. The monoisotopic (exact) mass is 361 g/mol. The third kappa shape index (κ3) is 4.51. The Morgan fingerprint density at radius 2 is 1.81 bits per heavy atom. The molecule has 0 atom stereocenters. The fourth-order valence-corrected chi connectivity index (χ4v) is 2.24. The Labute approximate surface area is 155 Å². The van der Waals surface area contributed by atoms with Crippen LogP contribution in [0.4, 0.5) is 11.4 Å². The van der Waals surface area contributed by atoms with Crippen molar-refractivity contribution >= 4 is 28.7 Å². The predicted molar refractivity (Wildman–Crippen MR) is 100 cm³/mol. The van der Waals surface area contributed by atoms with Crippen LogP contribution in [0.15, 0.2) is 60.4 Å². The van der Waals surface area contributed by atoms with E-state index in [1.54, 1.807) is 36.5 Å². The average Bonchev–Trinajstić information content (AvgIpc) is 2.68. The lowest BCUT2D eigenvalue weighted by molar-refractivity contribution is -0.576. The van der Waals surface area contributed by atoms with E-state index in [0.29, 0.717) is 0 Å². The highest BCUT2D eigenvalue weighted by atomic mass is 16.6. The molecule has 0 saturated carbocycles. The number of anilines is 1. The Balaban J connectivity index is 2.52. The van der Waals surface area contributed by atoms with Gasteiger partial charge in [0.1, 0.15) is 6.07 Å². The van der Waals surface area contributed by atoms with Crippen LogP contribution in [0, 0.1) is 21.4 Å². The number of nitriles is 1. The average molecular weight is 361 g/mol. The molecule has 1 aromatic carbocycles. The second kappa shape index (κ2) is 8.34. The molecule has 0 spiro atoms. The van der Waals surface area contributed by atoms with Gasteiger partial charge in [-0.25, -0.2) is 0 Å². The molecule has 0 fully saturated rings. The maximum atomic E-state index is 12.9. The number of aromatic nitrogens is 1. The second-order valence-corrected chi connectivity index (χ2v) is 5.66. The molecular formula is C19H15N5O3. The molecule has 0 saturated heterocycles. The lowest BCUT2D eigenvalue weighted by Gasteiger charge is -2.10. The van der Waals surface area contributed by atoms with Gasteiger partial charge in [0.15, 0.2) is 12.4 Å². The summed E-state index contributed by atoms with van der Waals surface area (Å²) in [4.78, 5) is 25.0. The number of carbonyl (C=O) groups excluding carboxylic acids is 1. The minimum Gasteiger partial charge on any atom is -0.762 e. The van der Waals surface area contributed by atoms with Gasteiger partial charge in [0.25, 0.3) is 17.2 Å². The van der Waals surface area contributed by atoms with E-state index in [1.165, 1.54) is 34.9 Å². The van der Waals surface area contributed by atoms with Crippen molar-refractivity contribution in [2.75, 3.05) is 19.0 Å². The van der Waals surface area contributed by atoms with E-state index in [-0.39, 0.29) is 22.5 Å². The molecule has 0 aliphatic carbocycles. The zero-order valence-corrected chi connectivity index (χ0v) is 14.7. The molecule has 1 heterocycles. The molecule has 0 bridgehead atoms. The molecule has 0 aliphatic rings. The van der Waals surface area contributed by atoms with Gasteiger partial charge in [0.2, 0.25) is 0 Å². The smallest absolute Gasteiger partial charge is 0.269 e. The first-order chi connectivity index (χ1) is 12.9. The minimum absolute atomic E-state index is 0.0762. The summed E-state index contributed by atoms with van der Waals surface area (Å²) >= 11 is 0. The molecule has 0 amide bonds. The molecule has 8 heteroatoms. The number of rotatable bonds is 6. The normalized spacial score (nSPS) is 10.5. The number of Topliss-reactive ketones (excluding diaryl/α,β-unsaturated/α-hetero) is 1. The first-order valence-corrected chi connectivity index (χ1v) is 7.74. The molecule has 134 valence electrons. The predicted octanol–water partition coefficient (Wildman–Crippen LogP) is 2.36. The zero-order chi connectivity index (χ0) is 20.0. The van der Waals surface area contributed by atoms with Gasteiger partial charge in [0.05, 0.1) is 10.5 Å². The van der Waals surface area contributed by atoms with E-state index >= 15 is 0 Å². The Bertz CT molecular complexity index is 993. The first kappa shape index (κ1) is 19.2. The number of nitro benzene ring substituents is 1. The van der Waals surface area contributed by atoms with E-state index in [9.17, 15) is 14.9 Å². The highest BCUT2D eigenvalue weighted by Crippen LogP contribution is 2.16. The van der Waals surface area contributed by atoms with E-state index in [2.05, 4.69) is 0 Å². The Kier molecular flexibility index (Phi) is 5.94. The number of benzene rings is 1. The third-order valence-electron chi connectivity index (χ3n) is 3.70. The minimum atomic E-state index is -0.559. The molecular weight excluding hydrogens is 346 g/mol. The van der Waals surface area contributed by atoms with Crippen LogP contribution >= 0.6 is 0 Å². The van der Waals surface area contributed by atoms with Crippen LogP contribution in [0.3, 0.4) is 0 Å². The van der Waals surface area contributed by atoms with Crippen LogP contribution in [0.25, 0.3) is 11.1 Å². The van der Waals surface area contributed by atoms with Gasteiger partial charge in [-0.3, -0.25) is 20.8 Å². The summed E-state index contributed by atoms with van der Waals surface area (Å²) in [7, 11) is 3.74. The van der Waals surface area contributed by atoms with Gasteiger partial charge in [0, 0.05) is 55.7 Å². The summed E-state index contributed by atoms with van der Waals surface area (Å²) in [6.07, 6.45) is 4.47. The number of pyridine rings is 1. The first-order valence-electron chi connectivity index (χ1n) is 7.74. The number of nitrogens with zero attached hydrogens (tertiary/aromatic N) is 5. The highest BCUT2D eigenvalue weighted by Gasteiger charge is 2.23. The molecule has 0 N–H and O–H groups in total. The van der Waals surface area contributed by atoms with Crippen molar-refractivity contribution in [3.8, 4) is 6.07 Å².